The summed E-state index contributed by atoms with van der Waals surface area (Å²) in [6, 6.07) is 8.96. The van der Waals surface area contributed by atoms with Gasteiger partial charge >= 0.3 is 0 Å². The molecule has 0 N–H and O–H groups in total. The summed E-state index contributed by atoms with van der Waals surface area (Å²) < 4.78 is 33.5. The highest BCUT2D eigenvalue weighted by molar-refractivity contribution is 5.94. The SMILES string of the molecule is O=C(c1ccc([N+](=O)[O-])cc1F)N1CCO[C@H](c2ccccc2F)C1. The van der Waals surface area contributed by atoms with Gasteiger partial charge in [0.25, 0.3) is 11.6 Å². The van der Waals surface area contributed by atoms with Gasteiger partial charge in [-0.1, -0.05) is 18.2 Å². The van der Waals surface area contributed by atoms with Crippen molar-refractivity contribution in [3.63, 3.8) is 0 Å². The van der Waals surface area contributed by atoms with Crippen molar-refractivity contribution in [1.82, 2.24) is 4.90 Å². The van der Waals surface area contributed by atoms with E-state index in [2.05, 4.69) is 0 Å². The standard InChI is InChI=1S/C17H14F2N2O4/c18-14-4-2-1-3-12(14)16-10-20(7-8-25-16)17(22)13-6-5-11(21(23)24)9-15(13)19/h1-6,9,16H,7-8,10H2/t16-/m0/s1. The molecular weight excluding hydrogens is 334 g/mol. The van der Waals surface area contributed by atoms with Gasteiger partial charge in [-0.2, -0.15) is 0 Å². The van der Waals surface area contributed by atoms with Crippen molar-refractivity contribution < 1.29 is 23.2 Å². The average molecular weight is 348 g/mol. The number of benzene rings is 2. The van der Waals surface area contributed by atoms with Crippen molar-refractivity contribution >= 4 is 11.6 Å². The third kappa shape index (κ3) is 3.48. The second-order valence-corrected chi connectivity index (χ2v) is 5.55. The molecule has 25 heavy (non-hydrogen) atoms. The van der Waals surface area contributed by atoms with Gasteiger partial charge in [-0.25, -0.2) is 8.78 Å². The van der Waals surface area contributed by atoms with Gasteiger partial charge in [0.1, 0.15) is 17.7 Å². The highest BCUT2D eigenvalue weighted by Crippen LogP contribution is 2.26. The molecule has 0 spiro atoms. The third-order valence-electron chi connectivity index (χ3n) is 4.00. The minimum absolute atomic E-state index is 0.0657. The summed E-state index contributed by atoms with van der Waals surface area (Å²) in [4.78, 5) is 23.8. The maximum absolute atomic E-state index is 14.1. The number of carbonyl (C=O) groups is 1. The van der Waals surface area contributed by atoms with E-state index in [-0.39, 0.29) is 25.3 Å². The Morgan fingerprint density at radius 1 is 1.20 bits per heavy atom. The first-order valence-corrected chi connectivity index (χ1v) is 7.56. The zero-order chi connectivity index (χ0) is 18.0. The molecule has 1 fully saturated rings. The molecule has 1 aliphatic rings. The van der Waals surface area contributed by atoms with Crippen LogP contribution in [0.15, 0.2) is 42.5 Å². The van der Waals surface area contributed by atoms with Crippen LogP contribution < -0.4 is 0 Å². The molecule has 1 amide bonds. The number of amides is 1. The van der Waals surface area contributed by atoms with Crippen molar-refractivity contribution in [2.24, 2.45) is 0 Å². The van der Waals surface area contributed by atoms with Gasteiger partial charge in [0.15, 0.2) is 0 Å². The number of hydrogen-bond donors (Lipinski definition) is 0. The summed E-state index contributed by atoms with van der Waals surface area (Å²) in [6.07, 6.45) is -0.653. The summed E-state index contributed by atoms with van der Waals surface area (Å²) in [7, 11) is 0. The van der Waals surface area contributed by atoms with Crippen molar-refractivity contribution in [1.29, 1.82) is 0 Å². The monoisotopic (exact) mass is 348 g/mol. The van der Waals surface area contributed by atoms with Crippen LogP contribution in [0.2, 0.25) is 0 Å². The molecule has 6 nitrogen and oxygen atoms in total. The molecule has 8 heteroatoms. The smallest absolute Gasteiger partial charge is 0.272 e. The minimum atomic E-state index is -0.965. The molecule has 0 aromatic heterocycles. The van der Waals surface area contributed by atoms with Crippen LogP contribution in [-0.4, -0.2) is 35.4 Å². The van der Waals surface area contributed by atoms with E-state index in [4.69, 9.17) is 4.74 Å². The van der Waals surface area contributed by atoms with Crippen LogP contribution >= 0.6 is 0 Å². The Hall–Kier alpha value is -2.87. The topological polar surface area (TPSA) is 72.7 Å². The van der Waals surface area contributed by atoms with Gasteiger partial charge in [0.2, 0.25) is 0 Å². The maximum Gasteiger partial charge on any atom is 0.272 e. The number of hydrogen-bond acceptors (Lipinski definition) is 4. The lowest BCUT2D eigenvalue weighted by Crippen LogP contribution is -2.42. The Bertz CT molecular complexity index is 828. The van der Waals surface area contributed by atoms with E-state index in [0.29, 0.717) is 11.6 Å². The van der Waals surface area contributed by atoms with E-state index in [9.17, 15) is 23.7 Å². The molecule has 1 heterocycles. The van der Waals surface area contributed by atoms with E-state index in [0.717, 1.165) is 12.1 Å². The lowest BCUT2D eigenvalue weighted by atomic mass is 10.1. The van der Waals surface area contributed by atoms with E-state index in [1.807, 2.05) is 0 Å². The van der Waals surface area contributed by atoms with Crippen molar-refractivity contribution in [3.05, 3.63) is 75.3 Å². The van der Waals surface area contributed by atoms with E-state index < -0.39 is 34.3 Å². The fourth-order valence-corrected chi connectivity index (χ4v) is 2.72. The molecule has 0 radical (unpaired) electrons. The second kappa shape index (κ2) is 6.94. The maximum atomic E-state index is 14.1. The molecule has 130 valence electrons. The molecule has 0 saturated carbocycles. The largest absolute Gasteiger partial charge is 0.370 e. The number of nitrogens with zero attached hydrogens (tertiary/aromatic N) is 2. The Labute approximate surface area is 141 Å². The molecule has 0 bridgehead atoms. The van der Waals surface area contributed by atoms with Crippen LogP contribution in [0.25, 0.3) is 0 Å². The number of nitro benzene ring substituents is 1. The molecule has 0 unspecified atom stereocenters. The molecule has 1 saturated heterocycles. The second-order valence-electron chi connectivity index (χ2n) is 5.55. The number of carbonyl (C=O) groups excluding carboxylic acids is 1. The minimum Gasteiger partial charge on any atom is -0.370 e. The van der Waals surface area contributed by atoms with Gasteiger partial charge in [0, 0.05) is 18.2 Å². The molecule has 2 aromatic carbocycles. The number of morpholine rings is 1. The van der Waals surface area contributed by atoms with Crippen molar-refractivity contribution in [3.8, 4) is 0 Å². The van der Waals surface area contributed by atoms with Gasteiger partial charge in [-0.05, 0) is 12.1 Å². The summed E-state index contributed by atoms with van der Waals surface area (Å²) in [5, 5.41) is 10.7. The molecule has 1 atom stereocenters. The molecule has 2 aromatic rings. The van der Waals surface area contributed by atoms with Gasteiger partial charge in [-0.3, -0.25) is 14.9 Å². The third-order valence-corrected chi connectivity index (χ3v) is 4.00. The predicted octanol–water partition coefficient (Wildman–Crippen LogP) is 3.09. The fraction of sp³-hybridized carbons (Fsp3) is 0.235. The Balaban J connectivity index is 1.81. The van der Waals surface area contributed by atoms with Gasteiger partial charge in [-0.15, -0.1) is 0 Å². The number of ether oxygens (including phenoxy) is 1. The Morgan fingerprint density at radius 3 is 2.64 bits per heavy atom. The molecule has 3 rings (SSSR count). The number of halogens is 2. The Morgan fingerprint density at radius 2 is 1.96 bits per heavy atom. The van der Waals surface area contributed by atoms with Crippen LogP contribution in [0, 0.1) is 21.7 Å². The predicted molar refractivity (Wildman–Crippen MR) is 84.1 cm³/mol. The quantitative estimate of drug-likeness (QED) is 0.631. The van der Waals surface area contributed by atoms with Crippen molar-refractivity contribution in [2.45, 2.75) is 6.10 Å². The first kappa shape index (κ1) is 17.0. The van der Waals surface area contributed by atoms with Crippen LogP contribution in [0.4, 0.5) is 14.5 Å². The van der Waals surface area contributed by atoms with E-state index >= 15 is 0 Å². The normalized spacial score (nSPS) is 17.4. The first-order chi connectivity index (χ1) is 12.0. The Kier molecular flexibility index (Phi) is 4.71. The first-order valence-electron chi connectivity index (χ1n) is 7.56. The van der Waals surface area contributed by atoms with E-state index in [1.165, 1.54) is 11.0 Å². The average Bonchev–Trinajstić information content (AvgIpc) is 2.61. The molecule has 1 aliphatic heterocycles. The summed E-state index contributed by atoms with van der Waals surface area (Å²) in [6.45, 7) is 0.468. The number of nitro groups is 1. The molecule has 0 aliphatic carbocycles. The van der Waals surface area contributed by atoms with E-state index in [1.54, 1.807) is 18.2 Å². The fourth-order valence-electron chi connectivity index (χ4n) is 2.72. The van der Waals surface area contributed by atoms with Gasteiger partial charge < -0.3 is 9.64 Å². The summed E-state index contributed by atoms with van der Waals surface area (Å²) in [5.74, 6) is -2.02. The zero-order valence-electron chi connectivity index (χ0n) is 13.0. The zero-order valence-corrected chi connectivity index (χ0v) is 13.0. The number of rotatable bonds is 3. The highest BCUT2D eigenvalue weighted by atomic mass is 19.1. The van der Waals surface area contributed by atoms with Crippen LogP contribution in [-0.2, 0) is 4.74 Å². The lowest BCUT2D eigenvalue weighted by molar-refractivity contribution is -0.385. The lowest BCUT2D eigenvalue weighted by Gasteiger charge is -2.33. The van der Waals surface area contributed by atoms with Crippen LogP contribution in [0.1, 0.15) is 22.0 Å². The van der Waals surface area contributed by atoms with Gasteiger partial charge in [0.05, 0.1) is 29.7 Å². The summed E-state index contributed by atoms with van der Waals surface area (Å²) in [5.41, 5.74) is -0.371. The number of non-ortho nitro benzene ring substituents is 1. The van der Waals surface area contributed by atoms with Crippen LogP contribution in [0.5, 0.6) is 0 Å². The highest BCUT2D eigenvalue weighted by Gasteiger charge is 2.29. The van der Waals surface area contributed by atoms with Crippen LogP contribution in [0.3, 0.4) is 0 Å². The summed E-state index contributed by atoms with van der Waals surface area (Å²) >= 11 is 0. The molecular formula is C17H14F2N2O4. The van der Waals surface area contributed by atoms with Crippen molar-refractivity contribution in [2.75, 3.05) is 19.7 Å².